The summed E-state index contributed by atoms with van der Waals surface area (Å²) in [5.74, 6) is 0.826. The summed E-state index contributed by atoms with van der Waals surface area (Å²) >= 11 is 5.89. The van der Waals surface area contributed by atoms with Crippen molar-refractivity contribution in [1.82, 2.24) is 0 Å². The van der Waals surface area contributed by atoms with Crippen LogP contribution in [0.2, 0.25) is 5.02 Å². The third-order valence-electron chi connectivity index (χ3n) is 2.28. The van der Waals surface area contributed by atoms with Crippen LogP contribution in [0.5, 0.6) is 5.75 Å². The molecule has 0 N–H and O–H groups in total. The molecule has 0 spiro atoms. The fourth-order valence-electron chi connectivity index (χ4n) is 1.40. The first-order chi connectivity index (χ1) is 8.28. The number of benzene rings is 2. The molecule has 2 rings (SSSR count). The Labute approximate surface area is 106 Å². The smallest absolute Gasteiger partial charge is 0.119 e. The largest absolute Gasteiger partial charge is 0.497 e. The van der Waals surface area contributed by atoms with Gasteiger partial charge in [-0.25, -0.2) is 0 Å². The molecule has 0 aliphatic carbocycles. The zero-order valence-corrected chi connectivity index (χ0v) is 10.2. The summed E-state index contributed by atoms with van der Waals surface area (Å²) in [6.45, 7) is 0. The zero-order valence-electron chi connectivity index (χ0n) is 9.43. The van der Waals surface area contributed by atoms with Gasteiger partial charge >= 0.3 is 0 Å². The predicted molar refractivity (Wildman–Crippen MR) is 71.7 cm³/mol. The molecular formula is C14H12ClNO. The highest BCUT2D eigenvalue weighted by molar-refractivity contribution is 6.30. The van der Waals surface area contributed by atoms with Crippen LogP contribution in [-0.2, 0) is 0 Å². The molecule has 0 fully saturated rings. The first kappa shape index (κ1) is 11.7. The lowest BCUT2D eigenvalue weighted by atomic mass is 10.2. The fraction of sp³-hybridized carbons (Fsp3) is 0.0714. The van der Waals surface area contributed by atoms with Crippen molar-refractivity contribution in [2.45, 2.75) is 0 Å². The summed E-state index contributed by atoms with van der Waals surface area (Å²) in [4.78, 5) is 4.35. The molecule has 0 unspecified atom stereocenters. The molecule has 2 aromatic carbocycles. The summed E-state index contributed by atoms with van der Waals surface area (Å²) in [6.07, 6.45) is 1.79. The Morgan fingerprint density at radius 3 is 2.53 bits per heavy atom. The van der Waals surface area contributed by atoms with Crippen molar-refractivity contribution < 1.29 is 4.74 Å². The number of nitrogens with zero attached hydrogens (tertiary/aromatic N) is 1. The third kappa shape index (κ3) is 3.33. The van der Waals surface area contributed by atoms with E-state index < -0.39 is 0 Å². The van der Waals surface area contributed by atoms with E-state index >= 15 is 0 Å². The fourth-order valence-corrected chi connectivity index (χ4v) is 1.60. The maximum atomic E-state index is 5.89. The lowest BCUT2D eigenvalue weighted by molar-refractivity contribution is 0.415. The molecule has 2 nitrogen and oxygen atoms in total. The minimum Gasteiger partial charge on any atom is -0.497 e. The molecular weight excluding hydrogens is 234 g/mol. The van der Waals surface area contributed by atoms with Crippen LogP contribution in [0.3, 0.4) is 0 Å². The van der Waals surface area contributed by atoms with Gasteiger partial charge in [0.1, 0.15) is 5.75 Å². The van der Waals surface area contributed by atoms with E-state index in [0.29, 0.717) is 5.02 Å². The van der Waals surface area contributed by atoms with E-state index in [4.69, 9.17) is 16.3 Å². The van der Waals surface area contributed by atoms with E-state index in [1.54, 1.807) is 13.3 Å². The Bertz CT molecular complexity index is 520. The Hall–Kier alpha value is -1.80. The van der Waals surface area contributed by atoms with Gasteiger partial charge in [0, 0.05) is 11.2 Å². The molecule has 0 atom stereocenters. The van der Waals surface area contributed by atoms with Gasteiger partial charge in [-0.05, 0) is 42.0 Å². The standard InChI is InChI=1S/C14H12ClNO/c1-17-14-7-5-13(6-8-14)16-10-11-3-2-4-12(15)9-11/h2-10H,1H3. The summed E-state index contributed by atoms with van der Waals surface area (Å²) in [5, 5.41) is 0.712. The van der Waals surface area contributed by atoms with Gasteiger partial charge in [0.15, 0.2) is 0 Å². The highest BCUT2D eigenvalue weighted by atomic mass is 35.5. The van der Waals surface area contributed by atoms with E-state index in [-0.39, 0.29) is 0 Å². The molecule has 86 valence electrons. The van der Waals surface area contributed by atoms with Gasteiger partial charge in [0.05, 0.1) is 12.8 Å². The van der Waals surface area contributed by atoms with Crippen LogP contribution < -0.4 is 4.74 Å². The number of aliphatic imine (C=N–C) groups is 1. The predicted octanol–water partition coefficient (Wildman–Crippen LogP) is 4.10. The molecule has 0 amide bonds. The van der Waals surface area contributed by atoms with Crippen LogP contribution in [-0.4, -0.2) is 13.3 Å². The van der Waals surface area contributed by atoms with Gasteiger partial charge in [-0.15, -0.1) is 0 Å². The first-order valence-electron chi connectivity index (χ1n) is 5.21. The normalized spacial score (nSPS) is 10.7. The first-order valence-corrected chi connectivity index (χ1v) is 5.59. The molecule has 0 aliphatic heterocycles. The van der Waals surface area contributed by atoms with Crippen molar-refractivity contribution >= 4 is 23.5 Å². The SMILES string of the molecule is COc1ccc(N=Cc2cccc(Cl)c2)cc1. The van der Waals surface area contributed by atoms with Crippen LogP contribution in [0, 0.1) is 0 Å². The number of methoxy groups -OCH3 is 1. The molecule has 3 heteroatoms. The van der Waals surface area contributed by atoms with Gasteiger partial charge < -0.3 is 4.74 Å². The second-order valence-electron chi connectivity index (χ2n) is 3.51. The second-order valence-corrected chi connectivity index (χ2v) is 3.95. The van der Waals surface area contributed by atoms with E-state index in [0.717, 1.165) is 17.0 Å². The third-order valence-corrected chi connectivity index (χ3v) is 2.52. The van der Waals surface area contributed by atoms with Gasteiger partial charge in [-0.3, -0.25) is 4.99 Å². The van der Waals surface area contributed by atoms with Crippen LogP contribution >= 0.6 is 11.6 Å². The van der Waals surface area contributed by atoms with Crippen LogP contribution in [0.4, 0.5) is 5.69 Å². The Kier molecular flexibility index (Phi) is 3.78. The van der Waals surface area contributed by atoms with E-state index in [1.165, 1.54) is 0 Å². The summed E-state index contributed by atoms with van der Waals surface area (Å²) < 4.78 is 5.08. The molecule has 0 aliphatic rings. The second kappa shape index (κ2) is 5.51. The average Bonchev–Trinajstić information content (AvgIpc) is 2.37. The quantitative estimate of drug-likeness (QED) is 0.746. The maximum absolute atomic E-state index is 5.89. The van der Waals surface area contributed by atoms with Crippen molar-refractivity contribution in [3.05, 3.63) is 59.1 Å². The summed E-state index contributed by atoms with van der Waals surface area (Å²) in [5.41, 5.74) is 1.86. The van der Waals surface area contributed by atoms with Crippen molar-refractivity contribution in [1.29, 1.82) is 0 Å². The lowest BCUT2D eigenvalue weighted by Crippen LogP contribution is -1.81. The summed E-state index contributed by atoms with van der Waals surface area (Å²) in [6, 6.07) is 15.1. The maximum Gasteiger partial charge on any atom is 0.119 e. The van der Waals surface area contributed by atoms with Crippen molar-refractivity contribution in [2.24, 2.45) is 4.99 Å². The average molecular weight is 246 g/mol. The summed E-state index contributed by atoms with van der Waals surface area (Å²) in [7, 11) is 1.64. The Morgan fingerprint density at radius 2 is 1.88 bits per heavy atom. The molecule has 0 radical (unpaired) electrons. The molecule has 0 bridgehead atoms. The number of hydrogen-bond acceptors (Lipinski definition) is 2. The highest BCUT2D eigenvalue weighted by Crippen LogP contribution is 2.17. The number of rotatable bonds is 3. The monoisotopic (exact) mass is 245 g/mol. The minimum atomic E-state index is 0.712. The van der Waals surface area contributed by atoms with Crippen molar-refractivity contribution in [3.63, 3.8) is 0 Å². The molecule has 0 aromatic heterocycles. The van der Waals surface area contributed by atoms with Gasteiger partial charge in [-0.2, -0.15) is 0 Å². The van der Waals surface area contributed by atoms with Crippen molar-refractivity contribution in [3.8, 4) is 5.75 Å². The molecule has 0 saturated carbocycles. The zero-order chi connectivity index (χ0) is 12.1. The molecule has 2 aromatic rings. The van der Waals surface area contributed by atoms with E-state index in [1.807, 2.05) is 48.5 Å². The van der Waals surface area contributed by atoms with E-state index in [9.17, 15) is 0 Å². The topological polar surface area (TPSA) is 21.6 Å². The molecule has 0 heterocycles. The van der Waals surface area contributed by atoms with Crippen LogP contribution in [0.25, 0.3) is 0 Å². The minimum absolute atomic E-state index is 0.712. The van der Waals surface area contributed by atoms with E-state index in [2.05, 4.69) is 4.99 Å². The van der Waals surface area contributed by atoms with Gasteiger partial charge in [0.2, 0.25) is 0 Å². The lowest BCUT2D eigenvalue weighted by Gasteiger charge is -1.99. The Balaban J connectivity index is 2.14. The van der Waals surface area contributed by atoms with Gasteiger partial charge in [-0.1, -0.05) is 23.7 Å². The van der Waals surface area contributed by atoms with Crippen LogP contribution in [0.1, 0.15) is 5.56 Å². The highest BCUT2D eigenvalue weighted by Gasteiger charge is 1.92. The number of hydrogen-bond donors (Lipinski definition) is 0. The van der Waals surface area contributed by atoms with Crippen molar-refractivity contribution in [2.75, 3.05) is 7.11 Å². The Morgan fingerprint density at radius 1 is 1.12 bits per heavy atom. The molecule has 17 heavy (non-hydrogen) atoms. The molecule has 0 saturated heterocycles. The number of halogens is 1. The number of ether oxygens (including phenoxy) is 1. The van der Waals surface area contributed by atoms with Crippen LogP contribution in [0.15, 0.2) is 53.5 Å². The van der Waals surface area contributed by atoms with Gasteiger partial charge in [0.25, 0.3) is 0 Å².